The first-order valence-electron chi connectivity index (χ1n) is 12.4. The number of aromatic nitrogens is 1. The largest absolute Gasteiger partial charge is 0.446 e. The summed E-state index contributed by atoms with van der Waals surface area (Å²) in [6, 6.07) is 4.53. The third kappa shape index (κ3) is 6.14. The lowest BCUT2D eigenvalue weighted by atomic mass is 9.79. The van der Waals surface area contributed by atoms with Crippen molar-refractivity contribution in [2.45, 2.75) is 82.8 Å². The number of hydrogen-bond donors (Lipinski definition) is 0. The van der Waals surface area contributed by atoms with Gasteiger partial charge in [0.2, 0.25) is 6.10 Å². The van der Waals surface area contributed by atoms with Crippen LogP contribution < -0.4 is 0 Å². The summed E-state index contributed by atoms with van der Waals surface area (Å²) in [7, 11) is 0. The fourth-order valence-corrected chi connectivity index (χ4v) is 5.58. The summed E-state index contributed by atoms with van der Waals surface area (Å²) in [5, 5.41) is 0. The van der Waals surface area contributed by atoms with E-state index in [1.54, 1.807) is 6.20 Å². The molecule has 7 nitrogen and oxygen atoms in total. The zero-order chi connectivity index (χ0) is 23.2. The molecule has 0 N–H and O–H groups in total. The Labute approximate surface area is 195 Å². The fraction of sp³-hybridized carbons (Fsp3) is 0.654. The van der Waals surface area contributed by atoms with Gasteiger partial charge in [-0.3, -0.25) is 29.1 Å². The van der Waals surface area contributed by atoms with Crippen LogP contribution in [0.5, 0.6) is 0 Å². The third-order valence-corrected chi connectivity index (χ3v) is 7.47. The molecule has 4 rings (SSSR count). The normalized spacial score (nSPS) is 26.6. The van der Waals surface area contributed by atoms with Crippen LogP contribution in [0.1, 0.15) is 82.2 Å². The molecule has 0 aromatic carbocycles. The van der Waals surface area contributed by atoms with Crippen LogP contribution in [-0.2, 0) is 23.9 Å². The van der Waals surface area contributed by atoms with Crippen LogP contribution in [0.25, 0.3) is 0 Å². The standard InChI is InChI=1S/C26H34N2O5/c29-21(5-2-14-28-15-3-6-22(28)20-4-1-13-27-17-20)16-18-7-9-19(10-8-18)26(32)33-25-23(30)11-12-24(25)31/h1,4,13,17-19,22,25H,2-3,5-12,14-16H2/t18?,19?,22-/m0/s1. The summed E-state index contributed by atoms with van der Waals surface area (Å²) in [6.45, 7) is 2.01. The number of likely N-dealkylation sites (tertiary alicyclic amines) is 1. The van der Waals surface area contributed by atoms with Crippen LogP contribution in [0.4, 0.5) is 0 Å². The van der Waals surface area contributed by atoms with Gasteiger partial charge in [0.05, 0.1) is 5.92 Å². The predicted octanol–water partition coefficient (Wildman–Crippen LogP) is 3.61. The van der Waals surface area contributed by atoms with Gasteiger partial charge in [-0.1, -0.05) is 6.07 Å². The fourth-order valence-electron chi connectivity index (χ4n) is 5.58. The summed E-state index contributed by atoms with van der Waals surface area (Å²) >= 11 is 0. The highest BCUT2D eigenvalue weighted by molar-refractivity contribution is 6.12. The molecule has 7 heteroatoms. The maximum Gasteiger partial charge on any atom is 0.310 e. The van der Waals surface area contributed by atoms with Gasteiger partial charge >= 0.3 is 5.97 Å². The molecule has 33 heavy (non-hydrogen) atoms. The third-order valence-electron chi connectivity index (χ3n) is 7.47. The molecule has 178 valence electrons. The zero-order valence-corrected chi connectivity index (χ0v) is 19.2. The average molecular weight is 455 g/mol. The lowest BCUT2D eigenvalue weighted by Gasteiger charge is -2.27. The molecule has 1 aromatic heterocycles. The van der Waals surface area contributed by atoms with E-state index in [0.717, 1.165) is 38.8 Å². The van der Waals surface area contributed by atoms with Gasteiger partial charge in [0.15, 0.2) is 11.6 Å². The SMILES string of the molecule is O=C(CCCN1CCC[C@H]1c1cccnc1)CC1CCC(C(=O)OC2C(=O)CCC2=O)CC1. The van der Waals surface area contributed by atoms with Gasteiger partial charge in [-0.15, -0.1) is 0 Å². The van der Waals surface area contributed by atoms with E-state index in [1.165, 1.54) is 12.0 Å². The minimum Gasteiger partial charge on any atom is -0.446 e. The number of ether oxygens (including phenoxy) is 1. The minimum atomic E-state index is -1.18. The van der Waals surface area contributed by atoms with E-state index in [2.05, 4.69) is 16.0 Å². The number of esters is 1. The molecule has 2 aliphatic carbocycles. The predicted molar refractivity (Wildman–Crippen MR) is 121 cm³/mol. The molecule has 0 amide bonds. The topological polar surface area (TPSA) is 93.6 Å². The first-order chi connectivity index (χ1) is 16.0. The Hall–Kier alpha value is -2.41. The lowest BCUT2D eigenvalue weighted by Crippen LogP contribution is -2.33. The van der Waals surface area contributed by atoms with Crippen molar-refractivity contribution >= 4 is 23.3 Å². The smallest absolute Gasteiger partial charge is 0.310 e. The first-order valence-corrected chi connectivity index (χ1v) is 12.4. The molecule has 3 aliphatic rings. The van der Waals surface area contributed by atoms with E-state index in [-0.39, 0.29) is 30.3 Å². The van der Waals surface area contributed by atoms with Crippen LogP contribution in [-0.4, -0.2) is 52.4 Å². The molecule has 1 aromatic rings. The van der Waals surface area contributed by atoms with Crippen LogP contribution in [0.15, 0.2) is 24.5 Å². The van der Waals surface area contributed by atoms with Gasteiger partial charge in [0.1, 0.15) is 5.78 Å². The highest BCUT2D eigenvalue weighted by Gasteiger charge is 2.38. The van der Waals surface area contributed by atoms with E-state index < -0.39 is 12.1 Å². The second kappa shape index (κ2) is 11.1. The zero-order valence-electron chi connectivity index (χ0n) is 19.2. The molecule has 2 saturated carbocycles. The maximum absolute atomic E-state index is 12.6. The van der Waals surface area contributed by atoms with Crippen LogP contribution >= 0.6 is 0 Å². The minimum absolute atomic E-state index is 0.174. The van der Waals surface area contributed by atoms with Gasteiger partial charge in [-0.2, -0.15) is 0 Å². The molecular formula is C26H34N2O5. The Bertz CT molecular complexity index is 847. The molecule has 1 aliphatic heterocycles. The Morgan fingerprint density at radius 3 is 2.52 bits per heavy atom. The van der Waals surface area contributed by atoms with Crippen molar-refractivity contribution in [3.8, 4) is 0 Å². The second-order valence-corrected chi connectivity index (χ2v) is 9.79. The summed E-state index contributed by atoms with van der Waals surface area (Å²) in [4.78, 5) is 55.0. The monoisotopic (exact) mass is 454 g/mol. The summed E-state index contributed by atoms with van der Waals surface area (Å²) < 4.78 is 5.22. The van der Waals surface area contributed by atoms with Crippen molar-refractivity contribution in [3.63, 3.8) is 0 Å². The number of pyridine rings is 1. The van der Waals surface area contributed by atoms with Crippen molar-refractivity contribution in [1.29, 1.82) is 0 Å². The van der Waals surface area contributed by atoms with Gasteiger partial charge in [0.25, 0.3) is 0 Å². The molecular weight excluding hydrogens is 420 g/mol. The Morgan fingerprint density at radius 1 is 1.06 bits per heavy atom. The van der Waals surface area contributed by atoms with Crippen molar-refractivity contribution < 1.29 is 23.9 Å². The number of carbonyl (C=O) groups excluding carboxylic acids is 4. The van der Waals surface area contributed by atoms with E-state index in [4.69, 9.17) is 4.74 Å². The Balaban J connectivity index is 1.14. The molecule has 3 fully saturated rings. The van der Waals surface area contributed by atoms with E-state index >= 15 is 0 Å². The van der Waals surface area contributed by atoms with E-state index in [9.17, 15) is 19.2 Å². The number of carbonyl (C=O) groups is 4. The summed E-state index contributed by atoms with van der Waals surface area (Å²) in [5.74, 6) is -0.646. The lowest BCUT2D eigenvalue weighted by molar-refractivity contribution is -0.162. The molecule has 0 bridgehead atoms. The molecule has 0 spiro atoms. The van der Waals surface area contributed by atoms with E-state index in [0.29, 0.717) is 43.4 Å². The van der Waals surface area contributed by atoms with Gasteiger partial charge in [-0.05, 0) is 75.6 Å². The molecule has 1 atom stereocenters. The van der Waals surface area contributed by atoms with Crippen LogP contribution in [0, 0.1) is 11.8 Å². The number of hydrogen-bond acceptors (Lipinski definition) is 7. The molecule has 2 heterocycles. The average Bonchev–Trinajstić information content (AvgIpc) is 3.42. The van der Waals surface area contributed by atoms with Crippen LogP contribution in [0.3, 0.4) is 0 Å². The van der Waals surface area contributed by atoms with Crippen molar-refractivity contribution in [2.75, 3.05) is 13.1 Å². The summed E-state index contributed by atoms with van der Waals surface area (Å²) in [5.41, 5.74) is 1.26. The van der Waals surface area contributed by atoms with Crippen molar-refractivity contribution in [2.24, 2.45) is 11.8 Å². The summed E-state index contributed by atoms with van der Waals surface area (Å²) in [6.07, 6.45) is 10.2. The molecule has 0 radical (unpaired) electrons. The number of Topliss-reactive ketones (excluding diaryl/α,β-unsaturated/α-hetero) is 3. The first kappa shape index (κ1) is 23.7. The van der Waals surface area contributed by atoms with Crippen molar-refractivity contribution in [3.05, 3.63) is 30.1 Å². The highest BCUT2D eigenvalue weighted by Crippen LogP contribution is 2.34. The van der Waals surface area contributed by atoms with E-state index in [1.807, 2.05) is 12.3 Å². The second-order valence-electron chi connectivity index (χ2n) is 9.79. The quantitative estimate of drug-likeness (QED) is 0.416. The van der Waals surface area contributed by atoms with Gasteiger partial charge in [-0.25, -0.2) is 0 Å². The van der Waals surface area contributed by atoms with Gasteiger partial charge < -0.3 is 4.74 Å². The maximum atomic E-state index is 12.6. The number of ketones is 3. The highest BCUT2D eigenvalue weighted by atomic mass is 16.6. The van der Waals surface area contributed by atoms with Crippen LogP contribution in [0.2, 0.25) is 0 Å². The number of rotatable bonds is 9. The van der Waals surface area contributed by atoms with Gasteiger partial charge in [0, 0.05) is 44.1 Å². The number of nitrogens with zero attached hydrogens (tertiary/aromatic N) is 2. The molecule has 0 unspecified atom stereocenters. The molecule has 1 saturated heterocycles. The Kier molecular flexibility index (Phi) is 8.02. The Morgan fingerprint density at radius 2 is 1.82 bits per heavy atom. The van der Waals surface area contributed by atoms with Crippen molar-refractivity contribution in [1.82, 2.24) is 9.88 Å².